The van der Waals surface area contributed by atoms with E-state index in [-0.39, 0.29) is 5.91 Å². The molecule has 0 aliphatic heterocycles. The number of anilines is 2. The number of methoxy groups -OCH3 is 1. The smallest absolute Gasteiger partial charge is 0.259 e. The van der Waals surface area contributed by atoms with E-state index in [0.717, 1.165) is 29.4 Å². The zero-order chi connectivity index (χ0) is 19.1. The van der Waals surface area contributed by atoms with Gasteiger partial charge in [0.25, 0.3) is 5.91 Å². The van der Waals surface area contributed by atoms with Gasteiger partial charge >= 0.3 is 0 Å². The van der Waals surface area contributed by atoms with Gasteiger partial charge in [-0.1, -0.05) is 35.9 Å². The molecule has 4 nitrogen and oxygen atoms in total. The number of para-hydroxylation sites is 1. The van der Waals surface area contributed by atoms with Crippen LogP contribution in [0, 0.1) is 0 Å². The van der Waals surface area contributed by atoms with Gasteiger partial charge in [0.05, 0.1) is 12.7 Å². The molecule has 0 spiro atoms. The molecule has 1 amide bonds. The Balaban J connectivity index is 1.54. The van der Waals surface area contributed by atoms with Gasteiger partial charge < -0.3 is 15.4 Å². The lowest BCUT2D eigenvalue weighted by Crippen LogP contribution is -2.13. The lowest BCUT2D eigenvalue weighted by atomic mass is 10.1. The molecule has 0 aliphatic rings. The molecule has 3 aromatic rings. The van der Waals surface area contributed by atoms with E-state index in [2.05, 4.69) is 16.7 Å². The van der Waals surface area contributed by atoms with Gasteiger partial charge in [-0.15, -0.1) is 0 Å². The molecule has 0 unspecified atom stereocenters. The number of hydrogen-bond donors (Lipinski definition) is 2. The van der Waals surface area contributed by atoms with E-state index >= 15 is 0 Å². The van der Waals surface area contributed by atoms with Crippen molar-refractivity contribution >= 4 is 28.9 Å². The Kier molecular flexibility index (Phi) is 6.34. The molecule has 0 saturated carbocycles. The number of carbonyl (C=O) groups excluding carboxylic acids is 1. The van der Waals surface area contributed by atoms with Crippen LogP contribution in [-0.4, -0.2) is 19.6 Å². The van der Waals surface area contributed by atoms with Crippen molar-refractivity contribution in [2.24, 2.45) is 0 Å². The van der Waals surface area contributed by atoms with E-state index in [9.17, 15) is 4.79 Å². The molecule has 3 aromatic carbocycles. The van der Waals surface area contributed by atoms with Crippen LogP contribution in [0.3, 0.4) is 0 Å². The van der Waals surface area contributed by atoms with Crippen LogP contribution in [0.2, 0.25) is 5.02 Å². The van der Waals surface area contributed by atoms with Gasteiger partial charge in [-0.2, -0.15) is 0 Å². The quantitative estimate of drug-likeness (QED) is 0.588. The molecule has 138 valence electrons. The molecule has 2 N–H and O–H groups in total. The highest BCUT2D eigenvalue weighted by molar-refractivity contribution is 6.30. The molecule has 0 radical (unpaired) electrons. The Labute approximate surface area is 164 Å². The maximum Gasteiger partial charge on any atom is 0.259 e. The minimum absolute atomic E-state index is 0.200. The summed E-state index contributed by atoms with van der Waals surface area (Å²) in [5.41, 5.74) is 3.41. The minimum Gasteiger partial charge on any atom is -0.496 e. The van der Waals surface area contributed by atoms with Crippen molar-refractivity contribution < 1.29 is 9.53 Å². The van der Waals surface area contributed by atoms with Crippen molar-refractivity contribution in [3.05, 3.63) is 88.9 Å². The van der Waals surface area contributed by atoms with Crippen molar-refractivity contribution in [2.45, 2.75) is 6.42 Å². The van der Waals surface area contributed by atoms with Crippen molar-refractivity contribution in [1.82, 2.24) is 0 Å². The minimum atomic E-state index is -0.200. The van der Waals surface area contributed by atoms with Crippen LogP contribution in [0.4, 0.5) is 11.4 Å². The number of amides is 1. The predicted octanol–water partition coefficient (Wildman–Crippen LogP) is 5.26. The summed E-state index contributed by atoms with van der Waals surface area (Å²) in [5, 5.41) is 7.01. The summed E-state index contributed by atoms with van der Waals surface area (Å²) >= 11 is 6.00. The normalized spacial score (nSPS) is 10.3. The number of halogens is 1. The molecule has 0 heterocycles. The van der Waals surface area contributed by atoms with E-state index < -0.39 is 0 Å². The number of rotatable bonds is 7. The summed E-state index contributed by atoms with van der Waals surface area (Å²) in [5.74, 6) is 0.350. The summed E-state index contributed by atoms with van der Waals surface area (Å²) in [4.78, 5) is 12.4. The number of hydrogen-bond acceptors (Lipinski definition) is 3. The van der Waals surface area contributed by atoms with Crippen molar-refractivity contribution in [1.29, 1.82) is 0 Å². The number of ether oxygens (including phenoxy) is 1. The van der Waals surface area contributed by atoms with Crippen LogP contribution < -0.4 is 15.4 Å². The molecule has 3 rings (SSSR count). The fourth-order valence-corrected chi connectivity index (χ4v) is 2.96. The standard InChI is InChI=1S/C22H21ClN2O2/c1-27-21-8-3-2-7-20(21)22(26)25-19-11-9-18(10-12-19)24-14-13-16-5-4-6-17(23)15-16/h2-12,15,24H,13-14H2,1H3,(H,25,26). The van der Waals surface area contributed by atoms with Gasteiger partial charge in [-0.25, -0.2) is 0 Å². The van der Waals surface area contributed by atoms with Gasteiger partial charge in [0.2, 0.25) is 0 Å². The highest BCUT2D eigenvalue weighted by Crippen LogP contribution is 2.20. The third-order valence-corrected chi connectivity index (χ3v) is 4.36. The molecule has 0 bridgehead atoms. The molecule has 0 fully saturated rings. The monoisotopic (exact) mass is 380 g/mol. The third-order valence-electron chi connectivity index (χ3n) is 4.13. The SMILES string of the molecule is COc1ccccc1C(=O)Nc1ccc(NCCc2cccc(Cl)c2)cc1. The Morgan fingerprint density at radius 3 is 2.44 bits per heavy atom. The molecular weight excluding hydrogens is 360 g/mol. The van der Waals surface area contributed by atoms with Crippen molar-refractivity contribution in [3.8, 4) is 5.75 Å². The molecule has 0 aromatic heterocycles. The maximum atomic E-state index is 12.4. The number of nitrogens with one attached hydrogen (secondary N) is 2. The molecular formula is C22H21ClN2O2. The van der Waals surface area contributed by atoms with E-state index in [0.29, 0.717) is 11.3 Å². The van der Waals surface area contributed by atoms with Crippen LogP contribution in [0.25, 0.3) is 0 Å². The Bertz CT molecular complexity index is 910. The van der Waals surface area contributed by atoms with Gasteiger partial charge in [0.1, 0.15) is 5.75 Å². The lowest BCUT2D eigenvalue weighted by Gasteiger charge is -2.10. The summed E-state index contributed by atoms with van der Waals surface area (Å²) in [6.45, 7) is 0.799. The topological polar surface area (TPSA) is 50.4 Å². The largest absolute Gasteiger partial charge is 0.496 e. The fourth-order valence-electron chi connectivity index (χ4n) is 2.75. The Hall–Kier alpha value is -2.98. The summed E-state index contributed by atoms with van der Waals surface area (Å²) in [6.07, 6.45) is 0.882. The first-order chi connectivity index (χ1) is 13.2. The Morgan fingerprint density at radius 1 is 0.963 bits per heavy atom. The summed E-state index contributed by atoms with van der Waals surface area (Å²) in [6, 6.07) is 22.6. The zero-order valence-corrected chi connectivity index (χ0v) is 15.8. The molecule has 5 heteroatoms. The van der Waals surface area contributed by atoms with E-state index in [1.165, 1.54) is 5.56 Å². The first-order valence-corrected chi connectivity index (χ1v) is 9.06. The van der Waals surface area contributed by atoms with Gasteiger partial charge in [-0.3, -0.25) is 4.79 Å². The zero-order valence-electron chi connectivity index (χ0n) is 15.0. The van der Waals surface area contributed by atoms with Gasteiger partial charge in [0, 0.05) is 22.9 Å². The number of benzene rings is 3. The van der Waals surface area contributed by atoms with E-state index in [1.54, 1.807) is 19.2 Å². The molecule has 0 atom stereocenters. The van der Waals surface area contributed by atoms with Gasteiger partial charge in [-0.05, 0) is 60.5 Å². The van der Waals surface area contributed by atoms with Crippen LogP contribution in [0.15, 0.2) is 72.8 Å². The van der Waals surface area contributed by atoms with Crippen molar-refractivity contribution in [2.75, 3.05) is 24.3 Å². The average molecular weight is 381 g/mol. The molecule has 0 aliphatic carbocycles. The van der Waals surface area contributed by atoms with Crippen LogP contribution >= 0.6 is 11.6 Å². The molecule has 27 heavy (non-hydrogen) atoms. The predicted molar refractivity (Wildman–Crippen MR) is 111 cm³/mol. The second-order valence-corrected chi connectivity index (χ2v) is 6.47. The number of carbonyl (C=O) groups is 1. The van der Waals surface area contributed by atoms with Crippen molar-refractivity contribution in [3.63, 3.8) is 0 Å². The second kappa shape index (κ2) is 9.10. The fraction of sp³-hybridized carbons (Fsp3) is 0.136. The Morgan fingerprint density at radius 2 is 1.70 bits per heavy atom. The highest BCUT2D eigenvalue weighted by atomic mass is 35.5. The van der Waals surface area contributed by atoms with E-state index in [1.807, 2.05) is 54.6 Å². The first-order valence-electron chi connectivity index (χ1n) is 8.68. The van der Waals surface area contributed by atoms with Crippen LogP contribution in [0.1, 0.15) is 15.9 Å². The van der Waals surface area contributed by atoms with Gasteiger partial charge in [0.15, 0.2) is 0 Å². The highest BCUT2D eigenvalue weighted by Gasteiger charge is 2.11. The average Bonchev–Trinajstić information content (AvgIpc) is 2.69. The van der Waals surface area contributed by atoms with Crippen LogP contribution in [0.5, 0.6) is 5.75 Å². The van der Waals surface area contributed by atoms with E-state index in [4.69, 9.17) is 16.3 Å². The summed E-state index contributed by atoms with van der Waals surface area (Å²) < 4.78 is 5.23. The maximum absolute atomic E-state index is 12.4. The lowest BCUT2D eigenvalue weighted by molar-refractivity contribution is 0.102. The van der Waals surface area contributed by atoms with Crippen LogP contribution in [-0.2, 0) is 6.42 Å². The summed E-state index contributed by atoms with van der Waals surface area (Å²) in [7, 11) is 1.55. The molecule has 0 saturated heterocycles. The first kappa shape index (κ1) is 18.8. The second-order valence-electron chi connectivity index (χ2n) is 6.04. The third kappa shape index (κ3) is 5.25.